The first-order valence-electron chi connectivity index (χ1n) is 10.3. The Morgan fingerprint density at radius 1 is 1.16 bits per heavy atom. The van der Waals surface area contributed by atoms with Crippen LogP contribution < -0.4 is 9.62 Å². The number of nitrogens with one attached hydrogen (secondary N) is 1. The molecule has 0 bridgehead atoms. The number of hydrogen-bond donors (Lipinski definition) is 1. The minimum absolute atomic E-state index is 0.0983. The number of sulfonamides is 1. The number of carbonyl (C=O) groups excluding carboxylic acids is 1. The molecule has 0 saturated heterocycles. The predicted molar refractivity (Wildman–Crippen MR) is 125 cm³/mol. The number of anilines is 1. The van der Waals surface area contributed by atoms with Crippen LogP contribution in [0.2, 0.25) is 5.02 Å². The zero-order chi connectivity index (χ0) is 22.6. The molecule has 31 heavy (non-hydrogen) atoms. The van der Waals surface area contributed by atoms with Crippen LogP contribution in [0.15, 0.2) is 53.4 Å². The highest BCUT2D eigenvalue weighted by molar-refractivity contribution is 7.97. The Hall–Kier alpha value is -2.35. The molecule has 1 N–H and O–H groups in total. The van der Waals surface area contributed by atoms with E-state index in [1.54, 1.807) is 37.3 Å². The Morgan fingerprint density at radius 2 is 1.87 bits per heavy atom. The minimum atomic E-state index is -4.07. The molecule has 0 fully saturated rings. The molecule has 0 atom stereocenters. The lowest BCUT2D eigenvalue weighted by Crippen LogP contribution is -2.41. The summed E-state index contributed by atoms with van der Waals surface area (Å²) in [6.07, 6.45) is 0.679. The summed E-state index contributed by atoms with van der Waals surface area (Å²) in [6.45, 7) is 6.59. The number of amides is 1. The van der Waals surface area contributed by atoms with Crippen LogP contribution in [0, 0.1) is 0 Å². The van der Waals surface area contributed by atoms with Crippen LogP contribution in [0.4, 0.5) is 5.69 Å². The van der Waals surface area contributed by atoms with Crippen LogP contribution in [0.5, 0.6) is 0 Å². The number of benzene rings is 2. The van der Waals surface area contributed by atoms with Gasteiger partial charge in [-0.25, -0.2) is 8.42 Å². The van der Waals surface area contributed by atoms with Gasteiger partial charge < -0.3 is 10.1 Å². The Morgan fingerprint density at radius 3 is 2.52 bits per heavy atom. The van der Waals surface area contributed by atoms with Crippen molar-refractivity contribution in [2.75, 3.05) is 24.0 Å². The summed E-state index contributed by atoms with van der Waals surface area (Å²) >= 11 is 6.26. The highest BCUT2D eigenvalue weighted by Gasteiger charge is 2.40. The summed E-state index contributed by atoms with van der Waals surface area (Å²) in [6, 6.07) is 14.1. The number of nitrogens with zero attached hydrogens (tertiary/aromatic N) is 1. The predicted octanol–water partition coefficient (Wildman–Crippen LogP) is 4.20. The van der Waals surface area contributed by atoms with Crippen molar-refractivity contribution in [3.8, 4) is 0 Å². The zero-order valence-corrected chi connectivity index (χ0v) is 19.5. The molecule has 1 aliphatic rings. The van der Waals surface area contributed by atoms with E-state index in [1.165, 1.54) is 4.31 Å². The summed E-state index contributed by atoms with van der Waals surface area (Å²) in [5.74, 6) is -0.632. The lowest BCUT2D eigenvalue weighted by atomic mass is 9.95. The summed E-state index contributed by atoms with van der Waals surface area (Å²) in [5.41, 5.74) is 2.12. The highest BCUT2D eigenvalue weighted by Crippen LogP contribution is 2.43. The monoisotopic (exact) mass is 462 g/mol. The number of fused-ring (bicyclic) bond motifs is 1. The topological polar surface area (TPSA) is 75.7 Å². The van der Waals surface area contributed by atoms with Gasteiger partial charge in [0.15, 0.2) is 4.91 Å². The van der Waals surface area contributed by atoms with Crippen molar-refractivity contribution in [1.82, 2.24) is 5.32 Å². The Kier molecular flexibility index (Phi) is 7.41. The molecule has 1 heterocycles. The molecule has 0 aromatic heterocycles. The molecule has 0 unspecified atom stereocenters. The second-order valence-electron chi connectivity index (χ2n) is 7.43. The summed E-state index contributed by atoms with van der Waals surface area (Å²) in [5, 5.41) is 3.22. The van der Waals surface area contributed by atoms with Crippen LogP contribution in [0.25, 0.3) is 5.57 Å². The van der Waals surface area contributed by atoms with Gasteiger partial charge in [-0.05, 0) is 51.0 Å². The third-order valence-electron chi connectivity index (χ3n) is 4.89. The first-order chi connectivity index (χ1) is 14.8. The van der Waals surface area contributed by atoms with E-state index < -0.39 is 15.9 Å². The van der Waals surface area contributed by atoms with Crippen LogP contribution in [0.1, 0.15) is 38.3 Å². The van der Waals surface area contributed by atoms with E-state index in [9.17, 15) is 13.2 Å². The molecule has 2 aromatic carbocycles. The van der Waals surface area contributed by atoms with Gasteiger partial charge >= 0.3 is 0 Å². The van der Waals surface area contributed by atoms with Crippen molar-refractivity contribution in [2.24, 2.45) is 0 Å². The van der Waals surface area contributed by atoms with Gasteiger partial charge in [-0.15, -0.1) is 0 Å². The van der Waals surface area contributed by atoms with E-state index in [4.69, 9.17) is 16.3 Å². The van der Waals surface area contributed by atoms with Crippen molar-refractivity contribution in [3.63, 3.8) is 0 Å². The number of carbonyl (C=O) groups is 1. The third-order valence-corrected chi connectivity index (χ3v) is 7.06. The van der Waals surface area contributed by atoms with Crippen molar-refractivity contribution < 1.29 is 17.9 Å². The van der Waals surface area contributed by atoms with Gasteiger partial charge in [0.2, 0.25) is 0 Å². The van der Waals surface area contributed by atoms with Crippen molar-refractivity contribution in [3.05, 3.63) is 69.6 Å². The van der Waals surface area contributed by atoms with Gasteiger partial charge in [0.1, 0.15) is 0 Å². The third kappa shape index (κ3) is 4.95. The molecule has 166 valence electrons. The van der Waals surface area contributed by atoms with Crippen molar-refractivity contribution in [2.45, 2.75) is 33.3 Å². The van der Waals surface area contributed by atoms with E-state index in [0.717, 1.165) is 0 Å². The Bertz CT molecular complexity index is 1080. The van der Waals surface area contributed by atoms with Gasteiger partial charge in [-0.1, -0.05) is 41.9 Å². The van der Waals surface area contributed by atoms with E-state index in [1.807, 2.05) is 32.0 Å². The molecule has 0 radical (unpaired) electrons. The largest absolute Gasteiger partial charge is 0.379 e. The van der Waals surface area contributed by atoms with Gasteiger partial charge in [-0.2, -0.15) is 0 Å². The molecule has 3 rings (SSSR count). The van der Waals surface area contributed by atoms with Gasteiger partial charge in [-0.3, -0.25) is 9.10 Å². The first-order valence-corrected chi connectivity index (χ1v) is 12.1. The molecule has 1 aliphatic heterocycles. The fourth-order valence-corrected chi connectivity index (χ4v) is 5.50. The SMILES string of the molecule is CCN1c2ccc(Cl)cc2C(c2ccccc2)=C(C(=O)NCCCOC(C)C)S1(=O)=O. The van der Waals surface area contributed by atoms with E-state index in [0.29, 0.717) is 47.0 Å². The quantitative estimate of drug-likeness (QED) is 0.596. The number of hydrogen-bond acceptors (Lipinski definition) is 4. The molecule has 6 nitrogen and oxygen atoms in total. The Labute approximate surface area is 188 Å². The van der Waals surface area contributed by atoms with Crippen molar-refractivity contribution >= 4 is 38.8 Å². The molecular weight excluding hydrogens is 436 g/mol. The molecule has 0 spiro atoms. The maximum atomic E-state index is 13.5. The molecule has 2 aromatic rings. The average Bonchev–Trinajstić information content (AvgIpc) is 2.72. The molecule has 1 amide bonds. The maximum Gasteiger partial charge on any atom is 0.270 e. The lowest BCUT2D eigenvalue weighted by molar-refractivity contribution is -0.116. The second kappa shape index (κ2) is 9.85. The smallest absolute Gasteiger partial charge is 0.270 e. The fourth-order valence-electron chi connectivity index (χ4n) is 3.55. The minimum Gasteiger partial charge on any atom is -0.379 e. The van der Waals surface area contributed by atoms with E-state index >= 15 is 0 Å². The van der Waals surface area contributed by atoms with Gasteiger partial charge in [0, 0.05) is 35.9 Å². The first kappa shape index (κ1) is 23.3. The van der Waals surface area contributed by atoms with Crippen LogP contribution in [-0.2, 0) is 19.6 Å². The maximum absolute atomic E-state index is 13.5. The molecule has 0 aliphatic carbocycles. The lowest BCUT2D eigenvalue weighted by Gasteiger charge is -2.33. The summed E-state index contributed by atoms with van der Waals surface area (Å²) in [7, 11) is -4.07. The van der Waals surface area contributed by atoms with Crippen LogP contribution in [-0.4, -0.2) is 40.1 Å². The van der Waals surface area contributed by atoms with Crippen molar-refractivity contribution in [1.29, 1.82) is 0 Å². The summed E-state index contributed by atoms with van der Waals surface area (Å²) in [4.78, 5) is 12.9. The van der Waals surface area contributed by atoms with Gasteiger partial charge in [0.25, 0.3) is 15.9 Å². The number of rotatable bonds is 8. The van der Waals surface area contributed by atoms with E-state index in [2.05, 4.69) is 5.32 Å². The molecular formula is C23H27ClN2O4S. The highest BCUT2D eigenvalue weighted by atomic mass is 35.5. The molecule has 0 saturated carbocycles. The normalized spacial score (nSPS) is 15.2. The summed E-state index contributed by atoms with van der Waals surface area (Å²) < 4.78 is 33.8. The zero-order valence-electron chi connectivity index (χ0n) is 17.9. The van der Waals surface area contributed by atoms with Crippen LogP contribution >= 0.6 is 11.6 Å². The van der Waals surface area contributed by atoms with Gasteiger partial charge in [0.05, 0.1) is 11.8 Å². The average molecular weight is 463 g/mol. The van der Waals surface area contributed by atoms with E-state index in [-0.39, 0.29) is 17.6 Å². The Balaban J connectivity index is 2.10. The number of halogens is 1. The standard InChI is InChI=1S/C23H27ClN2O4S/c1-4-26-20-12-11-18(24)15-19(20)21(17-9-6-5-7-10-17)22(31(26,28)29)23(27)25-13-8-14-30-16(2)3/h5-7,9-12,15-16H,4,8,13-14H2,1-3H3,(H,25,27). The molecule has 8 heteroatoms. The number of ether oxygens (including phenoxy) is 1. The van der Waals surface area contributed by atoms with Crippen LogP contribution in [0.3, 0.4) is 0 Å². The second-order valence-corrected chi connectivity index (χ2v) is 9.67. The fraction of sp³-hybridized carbons (Fsp3) is 0.348.